The van der Waals surface area contributed by atoms with Gasteiger partial charge in [-0.25, -0.2) is 13.4 Å². The van der Waals surface area contributed by atoms with E-state index in [1.54, 1.807) is 48.7 Å². The van der Waals surface area contributed by atoms with E-state index in [1.807, 2.05) is 36.4 Å². The predicted molar refractivity (Wildman–Crippen MR) is 154 cm³/mol. The Kier molecular flexibility index (Phi) is 7.34. The molecule has 0 aliphatic carbocycles. The van der Waals surface area contributed by atoms with E-state index in [4.69, 9.17) is 0 Å². The van der Waals surface area contributed by atoms with Gasteiger partial charge < -0.3 is 0 Å². The Balaban J connectivity index is 1.78. The molecule has 2 heterocycles. The maximum Gasteiger partial charge on any atom is 0.259 e. The van der Waals surface area contributed by atoms with Crippen LogP contribution in [0.1, 0.15) is 16.1 Å². The van der Waals surface area contributed by atoms with Crippen LogP contribution in [0.2, 0.25) is 0 Å². The minimum absolute atomic E-state index is 0.0819. The molecule has 0 bridgehead atoms. The fraction of sp³-hybridized carbons (Fsp3) is 0.0690. The summed E-state index contributed by atoms with van der Waals surface area (Å²) in [5, 5.41) is 1.32. The van der Waals surface area contributed by atoms with Crippen LogP contribution in [0.15, 0.2) is 116 Å². The van der Waals surface area contributed by atoms with E-state index in [2.05, 4.69) is 20.9 Å². The van der Waals surface area contributed by atoms with Gasteiger partial charge in [-0.15, -0.1) is 0 Å². The van der Waals surface area contributed by atoms with Crippen molar-refractivity contribution >= 4 is 53.4 Å². The molecule has 9 heteroatoms. The van der Waals surface area contributed by atoms with Gasteiger partial charge in [0.15, 0.2) is 9.84 Å². The number of nitrogens with zero attached hydrogens (tertiary/aromatic N) is 2. The van der Waals surface area contributed by atoms with Crippen LogP contribution in [0.4, 0.5) is 0 Å². The molecule has 190 valence electrons. The van der Waals surface area contributed by atoms with Gasteiger partial charge in [0.05, 0.1) is 11.4 Å². The molecule has 0 amide bonds. The molecule has 3 aromatic carbocycles. The van der Waals surface area contributed by atoms with Crippen LogP contribution in [-0.2, 0) is 16.4 Å². The highest BCUT2D eigenvalue weighted by Crippen LogP contribution is 2.35. The second-order valence-corrected chi connectivity index (χ2v) is 12.6. The summed E-state index contributed by atoms with van der Waals surface area (Å²) < 4.78 is 26.1. The molecule has 0 N–H and O–H groups in total. The summed E-state index contributed by atoms with van der Waals surface area (Å²) in [5.74, 6) is 0. The second kappa shape index (κ2) is 10.7. The van der Waals surface area contributed by atoms with Gasteiger partial charge in [-0.1, -0.05) is 64.5 Å². The van der Waals surface area contributed by atoms with Crippen LogP contribution in [0.5, 0.6) is 0 Å². The topological polar surface area (TPSA) is 86.1 Å². The summed E-state index contributed by atoms with van der Waals surface area (Å²) in [6, 6.07) is 26.6. The summed E-state index contributed by atoms with van der Waals surface area (Å²) in [6.45, 7) is 0.0819. The van der Waals surface area contributed by atoms with Gasteiger partial charge in [-0.2, -0.15) is 0 Å². The fourth-order valence-corrected chi connectivity index (χ4v) is 6.01. The average Bonchev–Trinajstić information content (AvgIpc) is 2.90. The number of fused-ring (bicyclic) bond motifs is 1. The molecular weight excluding hydrogens is 584 g/mol. The number of thioether (sulfide) groups is 1. The van der Waals surface area contributed by atoms with Crippen molar-refractivity contribution in [2.75, 3.05) is 6.26 Å². The van der Waals surface area contributed by atoms with Gasteiger partial charge in [0.25, 0.3) is 5.56 Å². The number of aromatic nitrogens is 2. The minimum atomic E-state index is -3.37. The van der Waals surface area contributed by atoms with E-state index in [0.29, 0.717) is 26.9 Å². The van der Waals surface area contributed by atoms with Crippen molar-refractivity contribution in [3.63, 3.8) is 0 Å². The van der Waals surface area contributed by atoms with Crippen LogP contribution >= 0.6 is 27.7 Å². The molecule has 0 spiro atoms. The molecule has 0 saturated carbocycles. The van der Waals surface area contributed by atoms with E-state index >= 15 is 0 Å². The van der Waals surface area contributed by atoms with Gasteiger partial charge in [0.1, 0.15) is 10.7 Å². The molecule has 6 nitrogen and oxygen atoms in total. The molecule has 5 rings (SSSR count). The van der Waals surface area contributed by atoms with Crippen molar-refractivity contribution in [2.45, 2.75) is 16.5 Å². The number of hydrogen-bond donors (Lipinski definition) is 0. The summed E-state index contributed by atoms with van der Waals surface area (Å²) in [7, 11) is -3.37. The molecule has 0 aliphatic rings. The van der Waals surface area contributed by atoms with E-state index in [1.165, 1.54) is 16.7 Å². The fourth-order valence-electron chi connectivity index (χ4n) is 4.25. The normalized spacial score (nSPS) is 11.5. The van der Waals surface area contributed by atoms with Crippen molar-refractivity contribution in [3.05, 3.63) is 123 Å². The van der Waals surface area contributed by atoms with Crippen molar-refractivity contribution in [2.24, 2.45) is 0 Å². The number of carbonyl (C=O) groups is 1. The molecule has 2 aromatic heterocycles. The van der Waals surface area contributed by atoms with E-state index in [9.17, 15) is 18.0 Å². The SMILES string of the molecule is CS(=O)(=O)c1ccc(Cn2c(C(=O)Sc3ccccn3)c(-c3ccccc3)c3cc(Br)ccc3c2=O)cc1. The van der Waals surface area contributed by atoms with E-state index in [0.717, 1.165) is 28.1 Å². The number of rotatable bonds is 6. The molecule has 0 saturated heterocycles. The average molecular weight is 606 g/mol. The van der Waals surface area contributed by atoms with Crippen LogP contribution < -0.4 is 5.56 Å². The zero-order valence-electron chi connectivity index (χ0n) is 20.2. The summed E-state index contributed by atoms with van der Waals surface area (Å²) in [6.07, 6.45) is 2.76. The Hall–Kier alpha value is -3.53. The molecular formula is C29H21BrN2O4S2. The Morgan fingerprint density at radius 1 is 0.921 bits per heavy atom. The van der Waals surface area contributed by atoms with Crippen molar-refractivity contribution in [1.82, 2.24) is 9.55 Å². The maximum atomic E-state index is 14.0. The number of halogens is 1. The van der Waals surface area contributed by atoms with Gasteiger partial charge >= 0.3 is 0 Å². The molecule has 0 atom stereocenters. The Labute approximate surface area is 232 Å². The molecule has 0 radical (unpaired) electrons. The largest absolute Gasteiger partial charge is 0.299 e. The molecule has 5 aromatic rings. The Morgan fingerprint density at radius 3 is 2.29 bits per heavy atom. The first-order valence-corrected chi connectivity index (χ1v) is 15.1. The van der Waals surface area contributed by atoms with Crippen LogP contribution in [0.3, 0.4) is 0 Å². The van der Waals surface area contributed by atoms with Gasteiger partial charge in [0.2, 0.25) is 5.12 Å². The zero-order chi connectivity index (χ0) is 26.9. The third-order valence-electron chi connectivity index (χ3n) is 6.02. The van der Waals surface area contributed by atoms with Crippen molar-refractivity contribution in [3.8, 4) is 11.1 Å². The number of pyridine rings is 2. The number of sulfone groups is 1. The van der Waals surface area contributed by atoms with Crippen LogP contribution in [-0.4, -0.2) is 29.3 Å². The first-order valence-electron chi connectivity index (χ1n) is 11.6. The third-order valence-corrected chi connectivity index (χ3v) is 8.47. The smallest absolute Gasteiger partial charge is 0.259 e. The van der Waals surface area contributed by atoms with Crippen LogP contribution in [0, 0.1) is 0 Å². The lowest BCUT2D eigenvalue weighted by molar-refractivity contribution is 0.108. The molecule has 0 aliphatic heterocycles. The lowest BCUT2D eigenvalue weighted by Gasteiger charge is -2.19. The number of carbonyl (C=O) groups excluding carboxylic acids is 1. The highest BCUT2D eigenvalue weighted by molar-refractivity contribution is 9.10. The van der Waals surface area contributed by atoms with E-state index < -0.39 is 9.84 Å². The first-order chi connectivity index (χ1) is 18.2. The highest BCUT2D eigenvalue weighted by atomic mass is 79.9. The first kappa shape index (κ1) is 26.1. The van der Waals surface area contributed by atoms with E-state index in [-0.39, 0.29) is 27.8 Å². The van der Waals surface area contributed by atoms with Crippen molar-refractivity contribution in [1.29, 1.82) is 0 Å². The lowest BCUT2D eigenvalue weighted by atomic mass is 9.97. The molecule has 0 unspecified atom stereocenters. The van der Waals surface area contributed by atoms with Gasteiger partial charge in [-0.05, 0) is 70.7 Å². The molecule has 0 fully saturated rings. The van der Waals surface area contributed by atoms with Crippen molar-refractivity contribution < 1.29 is 13.2 Å². The van der Waals surface area contributed by atoms with Gasteiger partial charge in [-0.3, -0.25) is 14.2 Å². The standard InChI is InChI=1S/C29H21BrN2O4S2/c1-38(35,36)22-13-10-19(11-14-22)18-32-27(29(34)37-25-9-5-6-16-31-25)26(20-7-3-2-4-8-20)24-17-21(30)12-15-23(24)28(32)33/h2-17H,18H2,1H3. The monoisotopic (exact) mass is 604 g/mol. The summed E-state index contributed by atoms with van der Waals surface area (Å²) >= 11 is 4.47. The quantitative estimate of drug-likeness (QED) is 0.214. The zero-order valence-corrected chi connectivity index (χ0v) is 23.4. The highest BCUT2D eigenvalue weighted by Gasteiger charge is 2.25. The van der Waals surface area contributed by atoms with Crippen LogP contribution in [0.25, 0.3) is 21.9 Å². The third kappa shape index (κ3) is 5.36. The Morgan fingerprint density at radius 2 is 1.63 bits per heavy atom. The summed E-state index contributed by atoms with van der Waals surface area (Å²) in [5.41, 5.74) is 2.05. The Bertz CT molecular complexity index is 1820. The summed E-state index contributed by atoms with van der Waals surface area (Å²) in [4.78, 5) is 32.3. The number of benzene rings is 3. The maximum absolute atomic E-state index is 14.0. The second-order valence-electron chi connectivity index (χ2n) is 8.64. The molecule has 38 heavy (non-hydrogen) atoms. The predicted octanol–water partition coefficient (Wildman–Crippen LogP) is 6.21. The van der Waals surface area contributed by atoms with Gasteiger partial charge in [0, 0.05) is 27.9 Å². The number of hydrogen-bond acceptors (Lipinski definition) is 6. The minimum Gasteiger partial charge on any atom is -0.299 e. The lowest BCUT2D eigenvalue weighted by Crippen LogP contribution is -2.27.